The number of aliphatic carboxylic acids is 1. The summed E-state index contributed by atoms with van der Waals surface area (Å²) in [6.45, 7) is 10.9. The zero-order valence-corrected chi connectivity index (χ0v) is 24.0. The number of carboxylic acid groups (broad SMARTS) is 1. The largest absolute Gasteiger partial charge is 0.481 e. The van der Waals surface area contributed by atoms with Crippen molar-refractivity contribution in [2.75, 3.05) is 11.4 Å². The Morgan fingerprint density at radius 3 is 2.38 bits per heavy atom. The van der Waals surface area contributed by atoms with Gasteiger partial charge < -0.3 is 30.9 Å². The second kappa shape index (κ2) is 13.3. The number of amides is 3. The third-order valence-electron chi connectivity index (χ3n) is 6.92. The number of anilines is 1. The van der Waals surface area contributed by atoms with Gasteiger partial charge in [0.2, 0.25) is 11.8 Å². The number of benzene rings is 1. The summed E-state index contributed by atoms with van der Waals surface area (Å²) < 4.78 is 5.37. The van der Waals surface area contributed by atoms with E-state index in [1.54, 1.807) is 25.7 Å². The van der Waals surface area contributed by atoms with Crippen LogP contribution in [0.2, 0.25) is 0 Å². The molecular weight excluding hydrogens is 502 g/mol. The SMILES string of the molecule is C[C@H](C[C@H](O)[C@H](CC(C)(C)CC(=O)N1C[C@H](CCC(N)=O)Cc2ccccc21)NC(=O)OC(C)(C)C)C(=O)O. The number of para-hydroxylation sites is 1. The number of hydrogen-bond donors (Lipinski definition) is 4. The zero-order valence-electron chi connectivity index (χ0n) is 24.0. The van der Waals surface area contributed by atoms with Gasteiger partial charge in [0.15, 0.2) is 0 Å². The fourth-order valence-electron chi connectivity index (χ4n) is 5.00. The summed E-state index contributed by atoms with van der Waals surface area (Å²) in [6.07, 6.45) is -0.0138. The van der Waals surface area contributed by atoms with E-state index in [0.717, 1.165) is 17.7 Å². The molecule has 10 heteroatoms. The monoisotopic (exact) mass is 547 g/mol. The molecular formula is C29H45N3O7. The molecule has 0 saturated heterocycles. The minimum Gasteiger partial charge on any atom is -0.481 e. The number of carboxylic acids is 1. The van der Waals surface area contributed by atoms with Crippen molar-refractivity contribution in [2.24, 2.45) is 23.0 Å². The average Bonchev–Trinajstić information content (AvgIpc) is 2.79. The summed E-state index contributed by atoms with van der Waals surface area (Å²) in [7, 11) is 0. The Bertz CT molecular complexity index is 1030. The van der Waals surface area contributed by atoms with Crippen LogP contribution in [0.15, 0.2) is 24.3 Å². The number of aliphatic hydroxyl groups excluding tert-OH is 1. The van der Waals surface area contributed by atoms with Crippen molar-refractivity contribution < 1.29 is 34.1 Å². The summed E-state index contributed by atoms with van der Waals surface area (Å²) in [5, 5.41) is 22.9. The van der Waals surface area contributed by atoms with E-state index in [9.17, 15) is 29.4 Å². The molecule has 4 atom stereocenters. The maximum atomic E-state index is 13.7. The Labute approximate surface area is 231 Å². The van der Waals surface area contributed by atoms with E-state index in [1.165, 1.54) is 6.92 Å². The van der Waals surface area contributed by atoms with Gasteiger partial charge in [-0.25, -0.2) is 4.79 Å². The lowest BCUT2D eigenvalue weighted by atomic mass is 9.79. The number of aliphatic hydroxyl groups is 1. The van der Waals surface area contributed by atoms with Crippen molar-refractivity contribution in [3.8, 4) is 0 Å². The van der Waals surface area contributed by atoms with Crippen molar-refractivity contribution in [3.63, 3.8) is 0 Å². The summed E-state index contributed by atoms with van der Waals surface area (Å²) >= 11 is 0. The van der Waals surface area contributed by atoms with Crippen LogP contribution in [0.4, 0.5) is 10.5 Å². The van der Waals surface area contributed by atoms with Crippen molar-refractivity contribution in [1.29, 1.82) is 0 Å². The first-order valence-electron chi connectivity index (χ1n) is 13.5. The number of ether oxygens (including phenoxy) is 1. The molecule has 0 fully saturated rings. The van der Waals surface area contributed by atoms with Crippen molar-refractivity contribution in [3.05, 3.63) is 29.8 Å². The number of nitrogens with zero attached hydrogens (tertiary/aromatic N) is 1. The molecule has 0 bridgehead atoms. The molecule has 3 amide bonds. The van der Waals surface area contributed by atoms with E-state index >= 15 is 0 Å². The lowest BCUT2D eigenvalue weighted by Crippen LogP contribution is -2.49. The van der Waals surface area contributed by atoms with Gasteiger partial charge in [-0.15, -0.1) is 0 Å². The van der Waals surface area contributed by atoms with Crippen LogP contribution in [0.3, 0.4) is 0 Å². The number of hydrogen-bond acceptors (Lipinski definition) is 6. The highest BCUT2D eigenvalue weighted by Crippen LogP contribution is 2.35. The van der Waals surface area contributed by atoms with E-state index in [0.29, 0.717) is 13.0 Å². The Hall–Kier alpha value is -3.14. The summed E-state index contributed by atoms with van der Waals surface area (Å²) in [5.41, 5.74) is 5.81. The summed E-state index contributed by atoms with van der Waals surface area (Å²) in [6, 6.07) is 6.87. The fourth-order valence-corrected chi connectivity index (χ4v) is 5.00. The predicted molar refractivity (Wildman–Crippen MR) is 148 cm³/mol. The smallest absolute Gasteiger partial charge is 0.407 e. The molecule has 0 aliphatic carbocycles. The first-order valence-corrected chi connectivity index (χ1v) is 13.5. The summed E-state index contributed by atoms with van der Waals surface area (Å²) in [5.74, 6) is -2.25. The minimum absolute atomic E-state index is 0.0686. The third-order valence-corrected chi connectivity index (χ3v) is 6.92. The van der Waals surface area contributed by atoms with Gasteiger partial charge >= 0.3 is 12.1 Å². The highest BCUT2D eigenvalue weighted by Gasteiger charge is 2.36. The molecule has 39 heavy (non-hydrogen) atoms. The first kappa shape index (κ1) is 32.1. The molecule has 2 rings (SSSR count). The van der Waals surface area contributed by atoms with Gasteiger partial charge in [-0.3, -0.25) is 14.4 Å². The van der Waals surface area contributed by atoms with Crippen LogP contribution < -0.4 is 16.0 Å². The van der Waals surface area contributed by atoms with E-state index in [1.807, 2.05) is 38.1 Å². The molecule has 0 unspecified atom stereocenters. The molecule has 0 aromatic heterocycles. The number of nitrogens with one attached hydrogen (secondary N) is 1. The number of carbonyl (C=O) groups excluding carboxylic acids is 3. The van der Waals surface area contributed by atoms with E-state index < -0.39 is 41.1 Å². The van der Waals surface area contributed by atoms with Crippen LogP contribution in [0.5, 0.6) is 0 Å². The van der Waals surface area contributed by atoms with E-state index in [-0.39, 0.29) is 43.4 Å². The van der Waals surface area contributed by atoms with Crippen molar-refractivity contribution >= 4 is 29.6 Å². The normalized spacial score (nSPS) is 17.9. The zero-order chi connectivity index (χ0) is 29.5. The van der Waals surface area contributed by atoms with Gasteiger partial charge in [-0.2, -0.15) is 0 Å². The highest BCUT2D eigenvalue weighted by atomic mass is 16.6. The molecule has 0 saturated carbocycles. The van der Waals surface area contributed by atoms with E-state index in [4.69, 9.17) is 10.5 Å². The number of alkyl carbamates (subject to hydrolysis) is 1. The third kappa shape index (κ3) is 10.5. The molecule has 1 heterocycles. The molecule has 0 spiro atoms. The van der Waals surface area contributed by atoms with Gasteiger partial charge in [0, 0.05) is 25.1 Å². The average molecular weight is 548 g/mol. The molecule has 10 nitrogen and oxygen atoms in total. The second-order valence-corrected chi connectivity index (χ2v) is 12.5. The standard InChI is InChI=1S/C29H45N3O7/c1-18(26(36)37)13-23(33)21(31-27(38)39-28(2,3)4)15-29(5,6)16-25(35)32-17-19(11-12-24(30)34)14-20-9-7-8-10-22(20)32/h7-10,18-19,21,23,33H,11-17H2,1-6H3,(H2,30,34)(H,31,38)(H,36,37)/t18-,19-,21+,23+/m1/s1. The quantitative estimate of drug-likeness (QED) is 0.311. The van der Waals surface area contributed by atoms with Crippen LogP contribution in [0.25, 0.3) is 0 Å². The molecule has 1 aromatic carbocycles. The van der Waals surface area contributed by atoms with Gasteiger partial charge in [0.05, 0.1) is 18.1 Å². The van der Waals surface area contributed by atoms with Crippen molar-refractivity contribution in [2.45, 2.75) is 97.8 Å². The van der Waals surface area contributed by atoms with Gasteiger partial charge in [0.1, 0.15) is 5.60 Å². The number of primary amides is 1. The maximum Gasteiger partial charge on any atom is 0.407 e. The Balaban J connectivity index is 2.21. The van der Waals surface area contributed by atoms with Crippen LogP contribution in [-0.4, -0.2) is 58.4 Å². The Kier molecular flexibility index (Phi) is 10.9. The van der Waals surface area contributed by atoms with Crippen LogP contribution >= 0.6 is 0 Å². The topological polar surface area (TPSA) is 159 Å². The number of fused-ring (bicyclic) bond motifs is 1. The molecule has 1 aliphatic rings. The molecule has 0 radical (unpaired) electrons. The highest BCUT2D eigenvalue weighted by molar-refractivity contribution is 5.95. The van der Waals surface area contributed by atoms with Crippen molar-refractivity contribution in [1.82, 2.24) is 5.32 Å². The second-order valence-electron chi connectivity index (χ2n) is 12.5. The van der Waals surface area contributed by atoms with Crippen LogP contribution in [0, 0.1) is 17.3 Å². The molecule has 5 N–H and O–H groups in total. The molecule has 1 aliphatic heterocycles. The maximum absolute atomic E-state index is 13.7. The van der Waals surface area contributed by atoms with Gasteiger partial charge in [-0.1, -0.05) is 39.0 Å². The predicted octanol–water partition coefficient (Wildman–Crippen LogP) is 3.63. The van der Waals surface area contributed by atoms with E-state index in [2.05, 4.69) is 5.32 Å². The molecule has 218 valence electrons. The number of carbonyl (C=O) groups is 4. The Morgan fingerprint density at radius 1 is 1.15 bits per heavy atom. The lowest BCUT2D eigenvalue weighted by molar-refractivity contribution is -0.142. The number of nitrogens with two attached hydrogens (primary N) is 1. The first-order chi connectivity index (χ1) is 18.0. The molecule has 1 aromatic rings. The lowest BCUT2D eigenvalue weighted by Gasteiger charge is -2.38. The van der Waals surface area contributed by atoms with Gasteiger partial charge in [0.25, 0.3) is 0 Å². The fraction of sp³-hybridized carbons (Fsp3) is 0.655. The Morgan fingerprint density at radius 2 is 1.79 bits per heavy atom. The minimum atomic E-state index is -1.16. The van der Waals surface area contributed by atoms with Crippen LogP contribution in [0.1, 0.15) is 79.2 Å². The van der Waals surface area contributed by atoms with Gasteiger partial charge in [-0.05, 0) is 69.4 Å². The summed E-state index contributed by atoms with van der Waals surface area (Å²) in [4.78, 5) is 50.7. The van der Waals surface area contributed by atoms with Crippen LogP contribution in [-0.2, 0) is 25.5 Å². The number of rotatable bonds is 12.